The molecule has 3 nitrogen and oxygen atoms in total. The van der Waals surface area contributed by atoms with Crippen LogP contribution in [0.15, 0.2) is 0 Å². The Morgan fingerprint density at radius 1 is 1.73 bits per heavy atom. The van der Waals surface area contributed by atoms with Crippen LogP contribution < -0.4 is 5.32 Å². The first-order valence-corrected chi connectivity index (χ1v) is 4.13. The zero-order chi connectivity index (χ0) is 8.27. The molecule has 11 heavy (non-hydrogen) atoms. The third kappa shape index (κ3) is 2.99. The highest BCUT2D eigenvalue weighted by molar-refractivity contribution is 5.77. The molecule has 0 aromatic heterocycles. The fraction of sp³-hybridized carbons (Fsp3) is 0.875. The SMILES string of the molecule is CC(=O)CN1CCN[C@H](C)C1. The first kappa shape index (κ1) is 8.68. The molecule has 1 aliphatic rings. The Morgan fingerprint density at radius 2 is 2.45 bits per heavy atom. The summed E-state index contributed by atoms with van der Waals surface area (Å²) in [6.07, 6.45) is 0. The van der Waals surface area contributed by atoms with Crippen molar-refractivity contribution in [3.8, 4) is 0 Å². The molecule has 0 saturated carbocycles. The van der Waals surface area contributed by atoms with Crippen LogP contribution in [0.5, 0.6) is 0 Å². The van der Waals surface area contributed by atoms with Crippen LogP contribution in [0.1, 0.15) is 13.8 Å². The quantitative estimate of drug-likeness (QED) is 0.604. The minimum Gasteiger partial charge on any atom is -0.312 e. The number of ketones is 1. The van der Waals surface area contributed by atoms with E-state index < -0.39 is 0 Å². The summed E-state index contributed by atoms with van der Waals surface area (Å²) in [5.74, 6) is 0.263. The van der Waals surface area contributed by atoms with E-state index in [1.54, 1.807) is 6.92 Å². The maximum Gasteiger partial charge on any atom is 0.143 e. The molecular formula is C8H16N2O. The van der Waals surface area contributed by atoms with Gasteiger partial charge in [-0.3, -0.25) is 9.69 Å². The van der Waals surface area contributed by atoms with Crippen molar-refractivity contribution in [1.82, 2.24) is 10.2 Å². The van der Waals surface area contributed by atoms with E-state index in [1.807, 2.05) is 0 Å². The normalized spacial score (nSPS) is 26.9. The van der Waals surface area contributed by atoms with Gasteiger partial charge in [0.05, 0.1) is 6.54 Å². The maximum atomic E-state index is 10.8. The van der Waals surface area contributed by atoms with E-state index >= 15 is 0 Å². The van der Waals surface area contributed by atoms with Gasteiger partial charge in [-0.2, -0.15) is 0 Å². The Kier molecular flexibility index (Phi) is 3.02. The van der Waals surface area contributed by atoms with Crippen molar-refractivity contribution in [1.29, 1.82) is 0 Å². The molecule has 1 N–H and O–H groups in total. The fourth-order valence-electron chi connectivity index (χ4n) is 1.47. The van der Waals surface area contributed by atoms with Gasteiger partial charge in [0.15, 0.2) is 0 Å². The van der Waals surface area contributed by atoms with Crippen LogP contribution in [0.25, 0.3) is 0 Å². The number of piperazine rings is 1. The van der Waals surface area contributed by atoms with Crippen molar-refractivity contribution >= 4 is 5.78 Å². The van der Waals surface area contributed by atoms with Crippen LogP contribution in [-0.4, -0.2) is 42.9 Å². The van der Waals surface area contributed by atoms with Gasteiger partial charge in [0.25, 0.3) is 0 Å². The number of nitrogens with one attached hydrogen (secondary N) is 1. The minimum atomic E-state index is 0.263. The molecule has 0 aliphatic carbocycles. The number of hydrogen-bond donors (Lipinski definition) is 1. The van der Waals surface area contributed by atoms with Crippen LogP contribution >= 0.6 is 0 Å². The van der Waals surface area contributed by atoms with Gasteiger partial charge in [-0.15, -0.1) is 0 Å². The van der Waals surface area contributed by atoms with Crippen molar-refractivity contribution in [2.45, 2.75) is 19.9 Å². The van der Waals surface area contributed by atoms with Crippen molar-refractivity contribution in [3.05, 3.63) is 0 Å². The van der Waals surface area contributed by atoms with Crippen molar-refractivity contribution in [2.24, 2.45) is 0 Å². The van der Waals surface area contributed by atoms with Crippen molar-refractivity contribution < 1.29 is 4.79 Å². The Balaban J connectivity index is 2.28. The van der Waals surface area contributed by atoms with Crippen LogP contribution in [0.2, 0.25) is 0 Å². The van der Waals surface area contributed by atoms with E-state index in [9.17, 15) is 4.79 Å². The van der Waals surface area contributed by atoms with E-state index in [2.05, 4.69) is 17.1 Å². The van der Waals surface area contributed by atoms with E-state index in [1.165, 1.54) is 0 Å². The summed E-state index contributed by atoms with van der Waals surface area (Å²) in [5.41, 5.74) is 0. The molecule has 0 amide bonds. The van der Waals surface area contributed by atoms with Crippen LogP contribution in [-0.2, 0) is 4.79 Å². The minimum absolute atomic E-state index is 0.263. The summed E-state index contributed by atoms with van der Waals surface area (Å²) < 4.78 is 0. The summed E-state index contributed by atoms with van der Waals surface area (Å²) >= 11 is 0. The molecule has 0 radical (unpaired) electrons. The first-order valence-electron chi connectivity index (χ1n) is 4.13. The summed E-state index contributed by atoms with van der Waals surface area (Å²) in [7, 11) is 0. The molecule has 1 heterocycles. The average Bonchev–Trinajstić information content (AvgIpc) is 1.85. The molecule has 0 unspecified atom stereocenters. The van der Waals surface area contributed by atoms with Gasteiger partial charge in [-0.25, -0.2) is 0 Å². The Labute approximate surface area is 67.8 Å². The standard InChI is InChI=1S/C8H16N2O/c1-7-5-10(4-3-9-7)6-8(2)11/h7,9H,3-6H2,1-2H3/t7-/m1/s1. The van der Waals surface area contributed by atoms with Gasteiger partial charge in [-0.1, -0.05) is 0 Å². The van der Waals surface area contributed by atoms with Gasteiger partial charge in [0.1, 0.15) is 5.78 Å². The number of carbonyl (C=O) groups is 1. The van der Waals surface area contributed by atoms with E-state index in [4.69, 9.17) is 0 Å². The van der Waals surface area contributed by atoms with Gasteiger partial charge in [0, 0.05) is 25.7 Å². The van der Waals surface area contributed by atoms with Crippen LogP contribution in [0.4, 0.5) is 0 Å². The zero-order valence-electron chi connectivity index (χ0n) is 7.26. The smallest absolute Gasteiger partial charge is 0.143 e. The number of rotatable bonds is 2. The molecule has 0 aromatic rings. The first-order chi connectivity index (χ1) is 5.18. The van der Waals surface area contributed by atoms with E-state index in [0.717, 1.165) is 19.6 Å². The topological polar surface area (TPSA) is 32.3 Å². The summed E-state index contributed by atoms with van der Waals surface area (Å²) in [4.78, 5) is 13.0. The third-order valence-electron chi connectivity index (χ3n) is 1.90. The van der Waals surface area contributed by atoms with E-state index in [0.29, 0.717) is 12.6 Å². The third-order valence-corrected chi connectivity index (χ3v) is 1.90. The summed E-state index contributed by atoms with van der Waals surface area (Å²) in [5, 5.41) is 3.33. The predicted molar refractivity (Wildman–Crippen MR) is 44.6 cm³/mol. The molecular weight excluding hydrogens is 140 g/mol. The van der Waals surface area contributed by atoms with Crippen molar-refractivity contribution in [3.63, 3.8) is 0 Å². The fourth-order valence-corrected chi connectivity index (χ4v) is 1.47. The highest BCUT2D eigenvalue weighted by atomic mass is 16.1. The van der Waals surface area contributed by atoms with Gasteiger partial charge >= 0.3 is 0 Å². The number of carbonyl (C=O) groups excluding carboxylic acids is 1. The number of nitrogens with zero attached hydrogens (tertiary/aromatic N) is 1. The van der Waals surface area contributed by atoms with Crippen LogP contribution in [0, 0.1) is 0 Å². The van der Waals surface area contributed by atoms with E-state index in [-0.39, 0.29) is 5.78 Å². The Bertz CT molecular complexity index is 147. The molecule has 64 valence electrons. The maximum absolute atomic E-state index is 10.8. The number of hydrogen-bond acceptors (Lipinski definition) is 3. The highest BCUT2D eigenvalue weighted by Gasteiger charge is 2.15. The largest absolute Gasteiger partial charge is 0.312 e. The molecule has 1 fully saturated rings. The highest BCUT2D eigenvalue weighted by Crippen LogP contribution is 1.97. The number of Topliss-reactive ketones (excluding diaryl/α,β-unsaturated/α-hetero) is 1. The van der Waals surface area contributed by atoms with Gasteiger partial charge in [0.2, 0.25) is 0 Å². The second-order valence-electron chi connectivity index (χ2n) is 3.29. The predicted octanol–water partition coefficient (Wildman–Crippen LogP) is -0.131. The molecule has 1 rings (SSSR count). The molecule has 0 aromatic carbocycles. The molecule has 0 bridgehead atoms. The molecule has 0 spiro atoms. The van der Waals surface area contributed by atoms with Crippen molar-refractivity contribution in [2.75, 3.05) is 26.2 Å². The van der Waals surface area contributed by atoms with Gasteiger partial charge < -0.3 is 5.32 Å². The second kappa shape index (κ2) is 3.83. The molecule has 1 saturated heterocycles. The molecule has 3 heteroatoms. The summed E-state index contributed by atoms with van der Waals surface area (Å²) in [6.45, 7) is 7.42. The Morgan fingerprint density at radius 3 is 3.00 bits per heavy atom. The monoisotopic (exact) mass is 156 g/mol. The lowest BCUT2D eigenvalue weighted by molar-refractivity contribution is -0.118. The Hall–Kier alpha value is -0.410. The van der Waals surface area contributed by atoms with Gasteiger partial charge in [-0.05, 0) is 13.8 Å². The lowest BCUT2D eigenvalue weighted by Crippen LogP contribution is -2.50. The zero-order valence-corrected chi connectivity index (χ0v) is 7.26. The van der Waals surface area contributed by atoms with Crippen LogP contribution in [0.3, 0.4) is 0 Å². The molecule has 1 atom stereocenters. The lowest BCUT2D eigenvalue weighted by Gasteiger charge is -2.30. The second-order valence-corrected chi connectivity index (χ2v) is 3.29. The summed E-state index contributed by atoms with van der Waals surface area (Å²) in [6, 6.07) is 0.531. The lowest BCUT2D eigenvalue weighted by atomic mass is 10.2. The average molecular weight is 156 g/mol. The molecule has 1 aliphatic heterocycles.